The number of aliphatic carboxylic acids is 1. The van der Waals surface area contributed by atoms with Gasteiger partial charge < -0.3 is 10.4 Å². The number of aryl methyl sites for hydroxylation is 1. The van der Waals surface area contributed by atoms with Gasteiger partial charge in [-0.15, -0.1) is 11.3 Å². The van der Waals surface area contributed by atoms with Gasteiger partial charge in [0.1, 0.15) is 6.04 Å². The fourth-order valence-corrected chi connectivity index (χ4v) is 2.65. The Hall–Kier alpha value is -1.55. The van der Waals surface area contributed by atoms with E-state index in [-0.39, 0.29) is 0 Å². The number of thiophene rings is 1. The number of benzene rings is 1. The van der Waals surface area contributed by atoms with Crippen LogP contribution >= 0.6 is 11.3 Å². The number of rotatable bonds is 3. The van der Waals surface area contributed by atoms with Crippen LogP contribution in [0.25, 0.3) is 10.1 Å². The summed E-state index contributed by atoms with van der Waals surface area (Å²) in [5.41, 5.74) is 0.940. The van der Waals surface area contributed by atoms with E-state index in [0.717, 1.165) is 16.0 Å². The number of hydrogen-bond donors (Lipinski definition) is 2. The minimum atomic E-state index is -0.838. The Morgan fingerprint density at radius 3 is 2.81 bits per heavy atom. The molecule has 2 aromatic rings. The zero-order chi connectivity index (χ0) is 11.7. The third-order valence-electron chi connectivity index (χ3n) is 2.50. The van der Waals surface area contributed by atoms with Crippen LogP contribution in [0, 0.1) is 6.92 Å². The molecule has 0 radical (unpaired) electrons. The monoisotopic (exact) mass is 235 g/mol. The van der Waals surface area contributed by atoms with E-state index >= 15 is 0 Å². The molecule has 3 nitrogen and oxygen atoms in total. The molecule has 0 saturated carbocycles. The fraction of sp³-hybridized carbons (Fsp3) is 0.250. The van der Waals surface area contributed by atoms with Crippen LogP contribution in [0.1, 0.15) is 11.8 Å². The maximum absolute atomic E-state index is 10.8. The summed E-state index contributed by atoms with van der Waals surface area (Å²) >= 11 is 1.68. The minimum Gasteiger partial charge on any atom is -0.480 e. The van der Waals surface area contributed by atoms with Crippen molar-refractivity contribution in [3.8, 4) is 0 Å². The number of anilines is 1. The number of carboxylic acid groups (broad SMARTS) is 1. The summed E-state index contributed by atoms with van der Waals surface area (Å²) < 4.78 is 1.18. The molecule has 2 rings (SSSR count). The molecule has 0 amide bonds. The molecule has 0 bridgehead atoms. The van der Waals surface area contributed by atoms with Crippen molar-refractivity contribution in [2.75, 3.05) is 5.32 Å². The highest BCUT2D eigenvalue weighted by Crippen LogP contribution is 2.35. The predicted molar refractivity (Wildman–Crippen MR) is 67.3 cm³/mol. The first-order valence-corrected chi connectivity index (χ1v) is 5.88. The summed E-state index contributed by atoms with van der Waals surface area (Å²) in [6, 6.07) is 7.43. The topological polar surface area (TPSA) is 49.3 Å². The molecule has 2 N–H and O–H groups in total. The Morgan fingerprint density at radius 2 is 2.12 bits per heavy atom. The summed E-state index contributed by atoms with van der Waals surface area (Å²) in [7, 11) is 0. The lowest BCUT2D eigenvalue weighted by molar-refractivity contribution is -0.137. The summed E-state index contributed by atoms with van der Waals surface area (Å²) in [4.78, 5) is 11.9. The lowest BCUT2D eigenvalue weighted by atomic mass is 10.2. The van der Waals surface area contributed by atoms with Crippen LogP contribution in [0.15, 0.2) is 24.3 Å². The van der Waals surface area contributed by atoms with Crippen molar-refractivity contribution < 1.29 is 9.90 Å². The molecule has 0 aliphatic carbocycles. The second kappa shape index (κ2) is 4.14. The van der Waals surface area contributed by atoms with Gasteiger partial charge in [0.15, 0.2) is 0 Å². The van der Waals surface area contributed by atoms with Gasteiger partial charge in [-0.1, -0.05) is 18.2 Å². The Morgan fingerprint density at radius 1 is 1.44 bits per heavy atom. The molecule has 1 aromatic heterocycles. The lowest BCUT2D eigenvalue weighted by Crippen LogP contribution is -2.25. The average molecular weight is 235 g/mol. The van der Waals surface area contributed by atoms with Gasteiger partial charge in [0.25, 0.3) is 0 Å². The maximum atomic E-state index is 10.8. The first-order chi connectivity index (χ1) is 7.59. The van der Waals surface area contributed by atoms with Gasteiger partial charge in [-0.2, -0.15) is 0 Å². The van der Waals surface area contributed by atoms with Crippen molar-refractivity contribution in [3.05, 3.63) is 29.1 Å². The summed E-state index contributed by atoms with van der Waals surface area (Å²) in [6.45, 7) is 3.65. The van der Waals surface area contributed by atoms with Crippen LogP contribution in [0.5, 0.6) is 0 Å². The van der Waals surface area contributed by atoms with Crippen LogP contribution in [0.2, 0.25) is 0 Å². The molecule has 0 fully saturated rings. The van der Waals surface area contributed by atoms with Crippen molar-refractivity contribution >= 4 is 33.1 Å². The van der Waals surface area contributed by atoms with Gasteiger partial charge in [0.05, 0.1) is 5.69 Å². The van der Waals surface area contributed by atoms with E-state index in [0.29, 0.717) is 0 Å². The summed E-state index contributed by atoms with van der Waals surface area (Å²) in [6.07, 6.45) is 0. The maximum Gasteiger partial charge on any atom is 0.325 e. The molecule has 1 aromatic carbocycles. The van der Waals surface area contributed by atoms with Gasteiger partial charge in [-0.25, -0.2) is 0 Å². The Balaban J connectivity index is 2.43. The lowest BCUT2D eigenvalue weighted by Gasteiger charge is -2.10. The molecule has 16 heavy (non-hydrogen) atoms. The summed E-state index contributed by atoms with van der Waals surface area (Å²) in [5, 5.41) is 13.0. The van der Waals surface area contributed by atoms with E-state index in [1.807, 2.05) is 31.2 Å². The predicted octanol–water partition coefficient (Wildman–Crippen LogP) is 3.09. The Bertz CT molecular complexity index is 533. The molecule has 0 saturated heterocycles. The molecule has 1 heterocycles. The molecular formula is C12H13NO2S. The molecule has 0 spiro atoms. The Labute approximate surface area is 97.7 Å². The smallest absolute Gasteiger partial charge is 0.325 e. The third kappa shape index (κ3) is 1.88. The van der Waals surface area contributed by atoms with Crippen LogP contribution in [-0.4, -0.2) is 17.1 Å². The van der Waals surface area contributed by atoms with Gasteiger partial charge in [-0.05, 0) is 19.9 Å². The molecule has 84 valence electrons. The SMILES string of the molecule is Cc1sc2ccccc2c1NC(C)C(=O)O. The average Bonchev–Trinajstić information content (AvgIpc) is 2.55. The first-order valence-electron chi connectivity index (χ1n) is 5.07. The zero-order valence-electron chi connectivity index (χ0n) is 9.15. The molecule has 4 heteroatoms. The van der Waals surface area contributed by atoms with Crippen LogP contribution in [0.3, 0.4) is 0 Å². The number of carbonyl (C=O) groups is 1. The van der Waals surface area contributed by atoms with E-state index < -0.39 is 12.0 Å². The number of fused-ring (bicyclic) bond motifs is 1. The van der Waals surface area contributed by atoms with Crippen LogP contribution in [0.4, 0.5) is 5.69 Å². The van der Waals surface area contributed by atoms with Gasteiger partial charge in [0, 0.05) is 15.0 Å². The van der Waals surface area contributed by atoms with Gasteiger partial charge in [0.2, 0.25) is 0 Å². The third-order valence-corrected chi connectivity index (χ3v) is 3.59. The van der Waals surface area contributed by atoms with E-state index in [1.54, 1.807) is 18.3 Å². The van der Waals surface area contributed by atoms with Crippen LogP contribution < -0.4 is 5.32 Å². The highest BCUT2D eigenvalue weighted by atomic mass is 32.1. The highest BCUT2D eigenvalue weighted by Gasteiger charge is 2.15. The molecule has 0 aliphatic heterocycles. The largest absolute Gasteiger partial charge is 0.480 e. The molecule has 1 atom stereocenters. The van der Waals surface area contributed by atoms with E-state index in [1.165, 1.54) is 4.70 Å². The highest BCUT2D eigenvalue weighted by molar-refractivity contribution is 7.19. The minimum absolute atomic E-state index is 0.572. The molecule has 0 aliphatic rings. The number of carboxylic acids is 1. The fourth-order valence-electron chi connectivity index (χ4n) is 1.63. The summed E-state index contributed by atoms with van der Waals surface area (Å²) in [5.74, 6) is -0.838. The quantitative estimate of drug-likeness (QED) is 0.859. The first kappa shape index (κ1) is 11.0. The van der Waals surface area contributed by atoms with Crippen molar-refractivity contribution in [1.82, 2.24) is 0 Å². The standard InChI is InChI=1S/C12H13NO2S/c1-7(12(14)15)13-11-8(2)16-10-6-4-3-5-9(10)11/h3-7,13H,1-2H3,(H,14,15). The molecule has 1 unspecified atom stereocenters. The van der Waals surface area contributed by atoms with Crippen LogP contribution in [-0.2, 0) is 4.79 Å². The van der Waals surface area contributed by atoms with E-state index in [4.69, 9.17) is 5.11 Å². The second-order valence-electron chi connectivity index (χ2n) is 3.73. The number of hydrogen-bond acceptors (Lipinski definition) is 3. The van der Waals surface area contributed by atoms with Gasteiger partial charge >= 0.3 is 5.97 Å². The van der Waals surface area contributed by atoms with Crippen molar-refractivity contribution in [2.45, 2.75) is 19.9 Å². The van der Waals surface area contributed by atoms with Crippen molar-refractivity contribution in [3.63, 3.8) is 0 Å². The molecular weight excluding hydrogens is 222 g/mol. The Kier molecular flexibility index (Phi) is 2.83. The van der Waals surface area contributed by atoms with Crippen molar-refractivity contribution in [1.29, 1.82) is 0 Å². The zero-order valence-corrected chi connectivity index (χ0v) is 9.97. The van der Waals surface area contributed by atoms with Gasteiger partial charge in [-0.3, -0.25) is 4.79 Å². The van der Waals surface area contributed by atoms with E-state index in [9.17, 15) is 4.79 Å². The van der Waals surface area contributed by atoms with E-state index in [2.05, 4.69) is 5.32 Å². The second-order valence-corrected chi connectivity index (χ2v) is 4.99. The normalized spacial score (nSPS) is 12.6. The van der Waals surface area contributed by atoms with Crippen molar-refractivity contribution in [2.24, 2.45) is 0 Å². The number of nitrogens with one attached hydrogen (secondary N) is 1.